The molecule has 0 bridgehead atoms. The number of nitrogens with zero attached hydrogens (tertiary/aromatic N) is 3. The number of aromatic carboxylic acids is 1. The van der Waals surface area contributed by atoms with E-state index in [0.717, 1.165) is 62.6 Å². The number of likely N-dealkylation sites (tertiary alicyclic amines) is 1. The van der Waals surface area contributed by atoms with E-state index in [2.05, 4.69) is 14.5 Å². The highest BCUT2D eigenvalue weighted by Gasteiger charge is 2.23. The van der Waals surface area contributed by atoms with E-state index in [1.807, 2.05) is 19.3 Å². The Bertz CT molecular complexity index is 757. The van der Waals surface area contributed by atoms with Gasteiger partial charge in [-0.05, 0) is 69.0 Å². The number of ether oxygens (including phenoxy) is 1. The summed E-state index contributed by atoms with van der Waals surface area (Å²) in [5.41, 5.74) is 1.32. The van der Waals surface area contributed by atoms with Gasteiger partial charge in [0.2, 0.25) is 0 Å². The number of aromatic nitrogens is 2. The number of rotatable bonds is 8. The van der Waals surface area contributed by atoms with Gasteiger partial charge in [0.05, 0.1) is 12.7 Å². The fraction of sp³-hybridized carbons (Fsp3) is 0.500. The van der Waals surface area contributed by atoms with E-state index >= 15 is 0 Å². The monoisotopic (exact) mass is 357 g/mol. The Morgan fingerprint density at radius 1 is 1.38 bits per heavy atom. The molecule has 6 nitrogen and oxygen atoms in total. The second-order valence-corrected chi connectivity index (χ2v) is 7.01. The standard InChI is InChI=1S/C20H27N3O3/c1-15-21-7-11-23(15)9-3-8-22-10-6-16(14-22)12-18-13-17(20(24)25)4-5-19(18)26-2/h4-5,7,11,13,16H,3,6,8-10,12,14H2,1-2H3,(H,24,25). The molecule has 1 aliphatic rings. The van der Waals surface area contributed by atoms with Crippen molar-refractivity contribution in [1.82, 2.24) is 14.5 Å². The predicted molar refractivity (Wildman–Crippen MR) is 99.8 cm³/mol. The molecule has 1 aromatic carbocycles. The maximum absolute atomic E-state index is 11.2. The van der Waals surface area contributed by atoms with Crippen molar-refractivity contribution in [2.75, 3.05) is 26.7 Å². The number of imidazole rings is 1. The summed E-state index contributed by atoms with van der Waals surface area (Å²) in [4.78, 5) is 18.0. The highest BCUT2D eigenvalue weighted by atomic mass is 16.5. The predicted octanol–water partition coefficient (Wildman–Crippen LogP) is 2.85. The Balaban J connectivity index is 1.52. The van der Waals surface area contributed by atoms with Gasteiger partial charge in [-0.1, -0.05) is 0 Å². The van der Waals surface area contributed by atoms with Crippen LogP contribution in [0.1, 0.15) is 34.6 Å². The molecular weight excluding hydrogens is 330 g/mol. The van der Waals surface area contributed by atoms with Gasteiger partial charge in [-0.15, -0.1) is 0 Å². The summed E-state index contributed by atoms with van der Waals surface area (Å²) in [5, 5.41) is 9.22. The van der Waals surface area contributed by atoms with Crippen LogP contribution in [-0.2, 0) is 13.0 Å². The molecule has 140 valence electrons. The lowest BCUT2D eigenvalue weighted by atomic mass is 9.96. The maximum atomic E-state index is 11.2. The first kappa shape index (κ1) is 18.5. The third kappa shape index (κ3) is 4.43. The van der Waals surface area contributed by atoms with E-state index in [1.165, 1.54) is 0 Å². The van der Waals surface area contributed by atoms with Gasteiger partial charge >= 0.3 is 5.97 Å². The van der Waals surface area contributed by atoms with Crippen LogP contribution >= 0.6 is 0 Å². The molecule has 1 unspecified atom stereocenters. The number of carboxylic acids is 1. The van der Waals surface area contributed by atoms with Crippen LogP contribution in [0.5, 0.6) is 5.75 Å². The van der Waals surface area contributed by atoms with E-state index < -0.39 is 5.97 Å². The van der Waals surface area contributed by atoms with E-state index in [4.69, 9.17) is 4.74 Å². The van der Waals surface area contributed by atoms with Crippen molar-refractivity contribution < 1.29 is 14.6 Å². The lowest BCUT2D eigenvalue weighted by molar-refractivity contribution is 0.0696. The Labute approximate surface area is 154 Å². The Morgan fingerprint density at radius 2 is 2.23 bits per heavy atom. The molecule has 1 aromatic heterocycles. The number of carbonyl (C=O) groups is 1. The largest absolute Gasteiger partial charge is 0.496 e. The molecule has 1 N–H and O–H groups in total. The summed E-state index contributed by atoms with van der Waals surface area (Å²) < 4.78 is 7.61. The van der Waals surface area contributed by atoms with E-state index in [1.54, 1.807) is 25.3 Å². The quantitative estimate of drug-likeness (QED) is 0.787. The summed E-state index contributed by atoms with van der Waals surface area (Å²) >= 11 is 0. The number of hydrogen-bond donors (Lipinski definition) is 1. The van der Waals surface area contributed by atoms with Crippen LogP contribution in [0.4, 0.5) is 0 Å². The lowest BCUT2D eigenvalue weighted by Crippen LogP contribution is -2.23. The normalized spacial score (nSPS) is 17.5. The first-order chi connectivity index (χ1) is 12.6. The minimum absolute atomic E-state index is 0.325. The van der Waals surface area contributed by atoms with Crippen molar-refractivity contribution in [3.63, 3.8) is 0 Å². The Kier molecular flexibility index (Phi) is 5.93. The molecule has 0 amide bonds. The molecule has 1 aliphatic heterocycles. The smallest absolute Gasteiger partial charge is 0.335 e. The topological polar surface area (TPSA) is 67.6 Å². The molecule has 2 heterocycles. The second kappa shape index (κ2) is 8.36. The molecule has 0 radical (unpaired) electrons. The van der Waals surface area contributed by atoms with Gasteiger partial charge in [0, 0.05) is 25.5 Å². The van der Waals surface area contributed by atoms with Crippen LogP contribution in [0.3, 0.4) is 0 Å². The van der Waals surface area contributed by atoms with Gasteiger partial charge in [-0.25, -0.2) is 9.78 Å². The van der Waals surface area contributed by atoms with Crippen LogP contribution in [0, 0.1) is 12.8 Å². The molecule has 1 fully saturated rings. The lowest BCUT2D eigenvalue weighted by Gasteiger charge is -2.17. The Morgan fingerprint density at radius 3 is 2.92 bits per heavy atom. The molecule has 26 heavy (non-hydrogen) atoms. The SMILES string of the molecule is COc1ccc(C(=O)O)cc1CC1CCN(CCCn2ccnc2C)C1. The van der Waals surface area contributed by atoms with Crippen LogP contribution in [0.25, 0.3) is 0 Å². The third-order valence-electron chi connectivity index (χ3n) is 5.20. The van der Waals surface area contributed by atoms with E-state index in [-0.39, 0.29) is 0 Å². The first-order valence-electron chi connectivity index (χ1n) is 9.17. The fourth-order valence-electron chi connectivity index (χ4n) is 3.77. The van der Waals surface area contributed by atoms with E-state index in [9.17, 15) is 9.90 Å². The summed E-state index contributed by atoms with van der Waals surface area (Å²) in [7, 11) is 1.64. The molecule has 6 heteroatoms. The average molecular weight is 357 g/mol. The average Bonchev–Trinajstić information content (AvgIpc) is 3.24. The molecule has 0 saturated carbocycles. The zero-order valence-corrected chi connectivity index (χ0v) is 15.5. The van der Waals surface area contributed by atoms with Crippen LogP contribution in [0.15, 0.2) is 30.6 Å². The van der Waals surface area contributed by atoms with Crippen LogP contribution in [0.2, 0.25) is 0 Å². The molecule has 2 aromatic rings. The maximum Gasteiger partial charge on any atom is 0.335 e. The second-order valence-electron chi connectivity index (χ2n) is 7.01. The number of hydrogen-bond acceptors (Lipinski definition) is 4. The number of carboxylic acid groups (broad SMARTS) is 1. The van der Waals surface area contributed by atoms with Crippen LogP contribution < -0.4 is 4.74 Å². The summed E-state index contributed by atoms with van der Waals surface area (Å²) in [6.45, 7) is 6.28. The van der Waals surface area contributed by atoms with Crippen molar-refractivity contribution >= 4 is 5.97 Å². The number of aryl methyl sites for hydroxylation is 2. The first-order valence-corrected chi connectivity index (χ1v) is 9.17. The molecule has 1 atom stereocenters. The van der Waals surface area contributed by atoms with Crippen molar-refractivity contribution in [2.45, 2.75) is 32.7 Å². The van der Waals surface area contributed by atoms with Crippen molar-refractivity contribution in [1.29, 1.82) is 0 Å². The molecular formula is C20H27N3O3. The zero-order valence-electron chi connectivity index (χ0n) is 15.5. The van der Waals surface area contributed by atoms with E-state index in [0.29, 0.717) is 11.5 Å². The highest BCUT2D eigenvalue weighted by Crippen LogP contribution is 2.27. The third-order valence-corrected chi connectivity index (χ3v) is 5.20. The molecule has 0 aliphatic carbocycles. The fourth-order valence-corrected chi connectivity index (χ4v) is 3.77. The van der Waals surface area contributed by atoms with Crippen LogP contribution in [-0.4, -0.2) is 52.3 Å². The minimum Gasteiger partial charge on any atom is -0.496 e. The van der Waals surface area contributed by atoms with Crippen molar-refractivity contribution in [3.8, 4) is 5.75 Å². The van der Waals surface area contributed by atoms with Crippen molar-refractivity contribution in [3.05, 3.63) is 47.5 Å². The molecule has 0 spiro atoms. The molecule has 1 saturated heterocycles. The summed E-state index contributed by atoms with van der Waals surface area (Å²) in [6.07, 6.45) is 7.00. The van der Waals surface area contributed by atoms with Gasteiger partial charge in [-0.3, -0.25) is 0 Å². The molecule has 3 rings (SSSR count). The highest BCUT2D eigenvalue weighted by molar-refractivity contribution is 5.88. The van der Waals surface area contributed by atoms with Gasteiger partial charge in [0.1, 0.15) is 11.6 Å². The number of benzene rings is 1. The summed E-state index contributed by atoms with van der Waals surface area (Å²) in [6, 6.07) is 5.12. The van der Waals surface area contributed by atoms with Crippen molar-refractivity contribution in [2.24, 2.45) is 5.92 Å². The van der Waals surface area contributed by atoms with Gasteiger partial charge in [0.25, 0.3) is 0 Å². The minimum atomic E-state index is -0.892. The van der Waals surface area contributed by atoms with Gasteiger partial charge in [-0.2, -0.15) is 0 Å². The van der Waals surface area contributed by atoms with Gasteiger partial charge in [0.15, 0.2) is 0 Å². The Hall–Kier alpha value is -2.34. The van der Waals surface area contributed by atoms with Gasteiger partial charge < -0.3 is 19.3 Å². The summed E-state index contributed by atoms with van der Waals surface area (Å²) in [5.74, 6) is 1.50. The number of methoxy groups -OCH3 is 1. The zero-order chi connectivity index (χ0) is 18.5.